The molecule has 0 saturated heterocycles. The number of aliphatic imine (C=N–C) groups is 1. The second-order valence-electron chi connectivity index (χ2n) is 10.7. The SMILES string of the molecule is CN(C)CCOc1cncc(C2=CC=C3CCN=C(c4nc5nccc(-c6cccc(F)c6)c5[nH]4)C3=C3CC23)c1. The minimum Gasteiger partial charge on any atom is -0.491 e. The lowest BCUT2D eigenvalue weighted by molar-refractivity contribution is 0.260. The van der Waals surface area contributed by atoms with Gasteiger partial charge in [0.05, 0.1) is 11.7 Å². The number of ether oxygens (including phenoxy) is 1. The molecular formula is C32H29FN6O. The van der Waals surface area contributed by atoms with Crippen molar-refractivity contribution in [1.82, 2.24) is 24.8 Å². The number of imidazole rings is 1. The van der Waals surface area contributed by atoms with E-state index in [-0.39, 0.29) is 5.82 Å². The fourth-order valence-electron chi connectivity index (χ4n) is 5.62. The molecule has 200 valence electrons. The fraction of sp³-hybridized carbons (Fsp3) is 0.250. The Balaban J connectivity index is 1.22. The first-order valence-corrected chi connectivity index (χ1v) is 13.6. The molecule has 1 aliphatic heterocycles. The second kappa shape index (κ2) is 9.95. The molecule has 1 fully saturated rings. The summed E-state index contributed by atoms with van der Waals surface area (Å²) >= 11 is 0. The number of likely N-dealkylation sites (N-methyl/N-ethyl adjacent to an activating group) is 1. The van der Waals surface area contributed by atoms with E-state index in [1.165, 1.54) is 34.4 Å². The van der Waals surface area contributed by atoms with E-state index in [2.05, 4.69) is 38.1 Å². The van der Waals surface area contributed by atoms with Gasteiger partial charge >= 0.3 is 0 Å². The summed E-state index contributed by atoms with van der Waals surface area (Å²) in [6.07, 6.45) is 11.8. The lowest BCUT2D eigenvalue weighted by Crippen LogP contribution is -2.19. The lowest BCUT2D eigenvalue weighted by atomic mass is 9.93. The maximum absolute atomic E-state index is 14.0. The highest BCUT2D eigenvalue weighted by atomic mass is 19.1. The normalized spacial score (nSPS) is 18.1. The Labute approximate surface area is 231 Å². The Kier molecular flexibility index (Phi) is 6.12. The molecule has 1 N–H and O–H groups in total. The van der Waals surface area contributed by atoms with Crippen molar-refractivity contribution < 1.29 is 9.13 Å². The zero-order valence-electron chi connectivity index (χ0n) is 22.5. The van der Waals surface area contributed by atoms with Crippen LogP contribution in [0.25, 0.3) is 27.9 Å². The van der Waals surface area contributed by atoms with Crippen molar-refractivity contribution >= 4 is 22.4 Å². The van der Waals surface area contributed by atoms with E-state index in [9.17, 15) is 4.39 Å². The summed E-state index contributed by atoms with van der Waals surface area (Å²) in [6.45, 7) is 2.16. The number of benzene rings is 1. The molecule has 40 heavy (non-hydrogen) atoms. The predicted octanol–water partition coefficient (Wildman–Crippen LogP) is 5.63. The molecule has 3 aromatic heterocycles. The number of pyridine rings is 2. The van der Waals surface area contributed by atoms with Crippen LogP contribution in [0.5, 0.6) is 5.75 Å². The summed E-state index contributed by atoms with van der Waals surface area (Å²) in [7, 11) is 4.07. The number of H-pyrrole nitrogens is 1. The first kappa shape index (κ1) is 24.6. The minimum absolute atomic E-state index is 0.275. The van der Waals surface area contributed by atoms with E-state index < -0.39 is 0 Å². The van der Waals surface area contributed by atoms with Crippen LogP contribution in [0.15, 0.2) is 88.9 Å². The third kappa shape index (κ3) is 4.54. The van der Waals surface area contributed by atoms with Crippen LogP contribution in [-0.4, -0.2) is 64.3 Å². The Morgan fingerprint density at radius 3 is 2.90 bits per heavy atom. The molecule has 7 nitrogen and oxygen atoms in total. The van der Waals surface area contributed by atoms with Crippen LogP contribution in [-0.2, 0) is 0 Å². The number of aromatic nitrogens is 4. The van der Waals surface area contributed by atoms with Crippen molar-refractivity contribution in [2.24, 2.45) is 10.9 Å². The molecule has 1 aromatic carbocycles. The molecule has 0 radical (unpaired) electrons. The smallest absolute Gasteiger partial charge is 0.178 e. The van der Waals surface area contributed by atoms with Crippen LogP contribution in [0, 0.1) is 11.7 Å². The molecule has 1 saturated carbocycles. The van der Waals surface area contributed by atoms with Gasteiger partial charge in [-0.2, -0.15) is 0 Å². The molecule has 0 bridgehead atoms. The maximum Gasteiger partial charge on any atom is 0.178 e. The van der Waals surface area contributed by atoms with E-state index in [1.807, 2.05) is 32.4 Å². The Hall–Kier alpha value is -4.43. The molecule has 4 heterocycles. The van der Waals surface area contributed by atoms with Gasteiger partial charge in [0.1, 0.15) is 23.9 Å². The number of rotatable bonds is 7. The number of aromatic amines is 1. The number of halogens is 1. The molecule has 4 aromatic rings. The molecule has 1 atom stereocenters. The quantitative estimate of drug-likeness (QED) is 0.334. The number of nitrogens with zero attached hydrogens (tertiary/aromatic N) is 5. The van der Waals surface area contributed by atoms with E-state index in [0.717, 1.165) is 53.1 Å². The van der Waals surface area contributed by atoms with Gasteiger partial charge in [-0.1, -0.05) is 29.9 Å². The number of allylic oxidation sites excluding steroid dienone is 5. The number of hydrogen-bond acceptors (Lipinski definition) is 6. The Bertz CT molecular complexity index is 1760. The average molecular weight is 533 g/mol. The third-order valence-corrected chi connectivity index (χ3v) is 7.66. The summed E-state index contributed by atoms with van der Waals surface area (Å²) in [5, 5.41) is 0. The van der Waals surface area contributed by atoms with Crippen molar-refractivity contribution in [3.8, 4) is 16.9 Å². The van der Waals surface area contributed by atoms with E-state index in [4.69, 9.17) is 14.7 Å². The number of nitrogens with one attached hydrogen (secondary N) is 1. The highest BCUT2D eigenvalue weighted by molar-refractivity contribution is 6.16. The average Bonchev–Trinajstić information content (AvgIpc) is 3.63. The van der Waals surface area contributed by atoms with Gasteiger partial charge in [0.2, 0.25) is 0 Å². The van der Waals surface area contributed by atoms with Gasteiger partial charge in [-0.25, -0.2) is 14.4 Å². The van der Waals surface area contributed by atoms with Gasteiger partial charge in [-0.15, -0.1) is 0 Å². The summed E-state index contributed by atoms with van der Waals surface area (Å²) < 4.78 is 19.9. The highest BCUT2D eigenvalue weighted by Crippen LogP contribution is 2.53. The van der Waals surface area contributed by atoms with E-state index >= 15 is 0 Å². The minimum atomic E-state index is -0.275. The topological polar surface area (TPSA) is 79.3 Å². The molecule has 8 heteroatoms. The maximum atomic E-state index is 14.0. The monoisotopic (exact) mass is 532 g/mol. The van der Waals surface area contributed by atoms with Crippen molar-refractivity contribution in [1.29, 1.82) is 0 Å². The Morgan fingerprint density at radius 1 is 1.10 bits per heavy atom. The van der Waals surface area contributed by atoms with Crippen LogP contribution < -0.4 is 4.74 Å². The number of fused-ring (bicyclic) bond motifs is 3. The van der Waals surface area contributed by atoms with Gasteiger partial charge in [0.25, 0.3) is 0 Å². The van der Waals surface area contributed by atoms with Crippen LogP contribution in [0.4, 0.5) is 4.39 Å². The first-order valence-electron chi connectivity index (χ1n) is 13.6. The largest absolute Gasteiger partial charge is 0.491 e. The van der Waals surface area contributed by atoms with Gasteiger partial charge in [0, 0.05) is 48.1 Å². The molecular weight excluding hydrogens is 503 g/mol. The van der Waals surface area contributed by atoms with E-state index in [1.54, 1.807) is 18.5 Å². The molecule has 0 spiro atoms. The molecule has 3 aliphatic rings. The van der Waals surface area contributed by atoms with Crippen LogP contribution >= 0.6 is 0 Å². The predicted molar refractivity (Wildman–Crippen MR) is 155 cm³/mol. The molecule has 1 unspecified atom stereocenters. The van der Waals surface area contributed by atoms with Crippen LogP contribution in [0.3, 0.4) is 0 Å². The van der Waals surface area contributed by atoms with Gasteiger partial charge < -0.3 is 14.6 Å². The molecule has 7 rings (SSSR count). The highest BCUT2D eigenvalue weighted by Gasteiger charge is 2.41. The van der Waals surface area contributed by atoms with Crippen molar-refractivity contribution in [3.63, 3.8) is 0 Å². The summed E-state index contributed by atoms with van der Waals surface area (Å²) in [5.41, 5.74) is 10.1. The van der Waals surface area contributed by atoms with Gasteiger partial charge in [-0.05, 0) is 67.9 Å². The van der Waals surface area contributed by atoms with E-state index in [0.29, 0.717) is 30.5 Å². The summed E-state index contributed by atoms with van der Waals surface area (Å²) in [5.74, 6) is 1.53. The fourth-order valence-corrected chi connectivity index (χ4v) is 5.62. The Morgan fingerprint density at radius 2 is 2.02 bits per heavy atom. The number of hydrogen-bond donors (Lipinski definition) is 1. The van der Waals surface area contributed by atoms with Crippen LogP contribution in [0.2, 0.25) is 0 Å². The summed E-state index contributed by atoms with van der Waals surface area (Å²) in [4.78, 5) is 24.4. The van der Waals surface area contributed by atoms with Gasteiger partial charge in [0.15, 0.2) is 11.5 Å². The van der Waals surface area contributed by atoms with Crippen molar-refractivity contribution in [2.75, 3.05) is 33.8 Å². The second-order valence-corrected chi connectivity index (χ2v) is 10.7. The summed E-state index contributed by atoms with van der Waals surface area (Å²) in [6, 6.07) is 10.6. The van der Waals surface area contributed by atoms with Gasteiger partial charge in [-0.3, -0.25) is 9.98 Å². The zero-order chi connectivity index (χ0) is 27.2. The zero-order valence-corrected chi connectivity index (χ0v) is 22.5. The molecule has 2 aliphatic carbocycles. The standard InChI is InChI=1S/C32H29FN6O/c1-39(2)12-13-40-23-15-21(17-34-18-23)24-7-6-19-8-10-35-30(28(19)27-16-26(24)27)32-37-29-25(9-11-36-31(29)38-32)20-4-3-5-22(33)14-20/h3-7,9,11,14-15,17-18,26H,8,10,12-13,16H2,1-2H3,(H,36,37,38). The lowest BCUT2D eigenvalue weighted by Gasteiger charge is -2.17. The van der Waals surface area contributed by atoms with Crippen molar-refractivity contribution in [2.45, 2.75) is 12.8 Å². The third-order valence-electron chi connectivity index (χ3n) is 7.66. The van der Waals surface area contributed by atoms with Crippen molar-refractivity contribution in [3.05, 3.63) is 101 Å². The molecule has 0 amide bonds. The first-order chi connectivity index (χ1) is 19.5. The van der Waals surface area contributed by atoms with Crippen LogP contribution in [0.1, 0.15) is 24.2 Å².